The van der Waals surface area contributed by atoms with Crippen LogP contribution in [0.2, 0.25) is 5.02 Å². The van der Waals surface area contributed by atoms with Crippen molar-refractivity contribution in [2.45, 2.75) is 32.3 Å². The number of hydrogen-bond acceptors (Lipinski definition) is 4. The molecule has 6 nitrogen and oxygen atoms in total. The molecule has 3 atom stereocenters. The molecular formula is C26H30ClN3O3. The van der Waals surface area contributed by atoms with Crippen molar-refractivity contribution in [1.29, 1.82) is 0 Å². The lowest BCUT2D eigenvalue weighted by Gasteiger charge is -2.39. The van der Waals surface area contributed by atoms with Gasteiger partial charge < -0.3 is 14.8 Å². The Bertz CT molecular complexity index is 1100. The molecule has 3 aromatic rings. The fraction of sp³-hybridized carbons (Fsp3) is 0.385. The zero-order valence-electron chi connectivity index (χ0n) is 19.2. The summed E-state index contributed by atoms with van der Waals surface area (Å²) in [4.78, 5) is 12.2. The number of halogens is 1. The Balaban J connectivity index is 1.42. The SMILES string of the molecule is CC(C)[C@@H]1C[C@H](c2ccccc2Cl)CO[C@H]1c1cccc(OCC(=O)Nc2cnn(C)c2)c1. The number of benzene rings is 2. The first-order valence-corrected chi connectivity index (χ1v) is 11.7. The monoisotopic (exact) mass is 467 g/mol. The Morgan fingerprint density at radius 2 is 2.09 bits per heavy atom. The molecule has 1 saturated heterocycles. The molecule has 4 rings (SSSR count). The van der Waals surface area contributed by atoms with Crippen molar-refractivity contribution in [2.75, 3.05) is 18.5 Å². The van der Waals surface area contributed by atoms with Gasteiger partial charge in [-0.25, -0.2) is 0 Å². The summed E-state index contributed by atoms with van der Waals surface area (Å²) >= 11 is 6.46. The highest BCUT2D eigenvalue weighted by Gasteiger charge is 2.35. The number of carbonyl (C=O) groups is 1. The molecule has 1 aliphatic rings. The van der Waals surface area contributed by atoms with Gasteiger partial charge in [-0.1, -0.05) is 55.8 Å². The quantitative estimate of drug-likeness (QED) is 0.490. The number of nitrogens with zero attached hydrogens (tertiary/aromatic N) is 2. The Labute approximate surface area is 199 Å². The van der Waals surface area contributed by atoms with Crippen LogP contribution in [0.3, 0.4) is 0 Å². The zero-order valence-corrected chi connectivity index (χ0v) is 20.0. The predicted molar refractivity (Wildman–Crippen MR) is 130 cm³/mol. The molecule has 0 radical (unpaired) electrons. The van der Waals surface area contributed by atoms with Crippen molar-refractivity contribution in [1.82, 2.24) is 9.78 Å². The van der Waals surface area contributed by atoms with Crippen molar-refractivity contribution in [2.24, 2.45) is 18.9 Å². The summed E-state index contributed by atoms with van der Waals surface area (Å²) in [6.07, 6.45) is 4.31. The first kappa shape index (κ1) is 23.3. The largest absolute Gasteiger partial charge is 0.484 e. The van der Waals surface area contributed by atoms with Gasteiger partial charge in [-0.15, -0.1) is 0 Å². The van der Waals surface area contributed by atoms with Gasteiger partial charge in [0.05, 0.1) is 24.6 Å². The van der Waals surface area contributed by atoms with Crippen molar-refractivity contribution < 1.29 is 14.3 Å². The first-order chi connectivity index (χ1) is 15.9. The Hall–Kier alpha value is -2.83. The number of carbonyl (C=O) groups excluding carboxylic acids is 1. The Morgan fingerprint density at radius 3 is 2.82 bits per heavy atom. The molecule has 2 heterocycles. The van der Waals surface area contributed by atoms with Crippen LogP contribution in [0.25, 0.3) is 0 Å². The van der Waals surface area contributed by atoms with Crippen LogP contribution in [-0.2, 0) is 16.6 Å². The Kier molecular flexibility index (Phi) is 7.36. The molecule has 0 spiro atoms. The zero-order chi connectivity index (χ0) is 23.4. The number of hydrogen-bond donors (Lipinski definition) is 1. The van der Waals surface area contributed by atoms with E-state index in [0.29, 0.717) is 29.9 Å². The summed E-state index contributed by atoms with van der Waals surface area (Å²) in [5.41, 5.74) is 2.86. The maximum atomic E-state index is 12.2. The van der Waals surface area contributed by atoms with Gasteiger partial charge in [0.15, 0.2) is 6.61 Å². The van der Waals surface area contributed by atoms with Crippen molar-refractivity contribution in [3.05, 3.63) is 77.1 Å². The van der Waals surface area contributed by atoms with Gasteiger partial charge in [-0.05, 0) is 47.6 Å². The number of nitrogens with one attached hydrogen (secondary N) is 1. The first-order valence-electron chi connectivity index (χ1n) is 11.3. The van der Waals surface area contributed by atoms with E-state index in [0.717, 1.165) is 22.6 Å². The molecule has 1 aromatic heterocycles. The molecule has 2 aromatic carbocycles. The normalized spacial score (nSPS) is 20.6. The maximum absolute atomic E-state index is 12.2. The van der Waals surface area contributed by atoms with Gasteiger partial charge in [0.2, 0.25) is 0 Å². The molecule has 1 amide bonds. The van der Waals surface area contributed by atoms with Gasteiger partial charge in [0.1, 0.15) is 5.75 Å². The van der Waals surface area contributed by atoms with E-state index >= 15 is 0 Å². The average molecular weight is 468 g/mol. The smallest absolute Gasteiger partial charge is 0.262 e. The molecule has 0 aliphatic carbocycles. The fourth-order valence-electron chi connectivity index (χ4n) is 4.46. The van der Waals surface area contributed by atoms with E-state index in [9.17, 15) is 4.79 Å². The molecule has 174 valence electrons. The number of amides is 1. The van der Waals surface area contributed by atoms with Gasteiger partial charge in [-0.2, -0.15) is 5.10 Å². The number of aromatic nitrogens is 2. The summed E-state index contributed by atoms with van der Waals surface area (Å²) in [5, 5.41) is 7.62. The van der Waals surface area contributed by atoms with Crippen LogP contribution in [-0.4, -0.2) is 28.9 Å². The summed E-state index contributed by atoms with van der Waals surface area (Å²) in [7, 11) is 1.80. The molecule has 1 N–H and O–H groups in total. The molecule has 0 saturated carbocycles. The van der Waals surface area contributed by atoms with E-state index in [1.807, 2.05) is 36.4 Å². The third-order valence-electron chi connectivity index (χ3n) is 6.17. The molecule has 1 fully saturated rings. The number of ether oxygens (including phenoxy) is 2. The molecule has 0 unspecified atom stereocenters. The topological polar surface area (TPSA) is 65.4 Å². The number of anilines is 1. The lowest BCUT2D eigenvalue weighted by atomic mass is 9.76. The molecular weight excluding hydrogens is 438 g/mol. The number of aryl methyl sites for hydroxylation is 1. The van der Waals surface area contributed by atoms with Crippen molar-refractivity contribution in [3.63, 3.8) is 0 Å². The van der Waals surface area contributed by atoms with Crippen LogP contribution in [0.4, 0.5) is 5.69 Å². The third-order valence-corrected chi connectivity index (χ3v) is 6.51. The van der Waals surface area contributed by atoms with Gasteiger partial charge in [-0.3, -0.25) is 9.48 Å². The van der Waals surface area contributed by atoms with E-state index in [1.54, 1.807) is 24.1 Å². The highest BCUT2D eigenvalue weighted by atomic mass is 35.5. The highest BCUT2D eigenvalue weighted by Crippen LogP contribution is 2.45. The minimum atomic E-state index is -0.232. The van der Waals surface area contributed by atoms with Crippen molar-refractivity contribution in [3.8, 4) is 5.75 Å². The standard InChI is InChI=1S/C26H30ClN3O3/c1-17(2)23-12-19(22-9-4-5-10-24(22)27)15-33-26(23)18-7-6-8-21(11-18)32-16-25(31)29-20-13-28-30(3)14-20/h4-11,13-14,17,19,23,26H,12,15-16H2,1-3H3,(H,29,31)/t19-,23-,26-/m0/s1. The Morgan fingerprint density at radius 1 is 1.27 bits per heavy atom. The van der Waals surface area contributed by atoms with Crippen LogP contribution in [0, 0.1) is 11.8 Å². The van der Waals surface area contributed by atoms with Crippen LogP contribution in [0.5, 0.6) is 5.75 Å². The van der Waals surface area contributed by atoms with Crippen LogP contribution in [0.15, 0.2) is 60.9 Å². The van der Waals surface area contributed by atoms with E-state index in [2.05, 4.69) is 36.4 Å². The fourth-order valence-corrected chi connectivity index (χ4v) is 4.75. The molecule has 33 heavy (non-hydrogen) atoms. The van der Waals surface area contributed by atoms with Crippen LogP contribution in [0.1, 0.15) is 43.4 Å². The van der Waals surface area contributed by atoms with Crippen LogP contribution < -0.4 is 10.1 Å². The van der Waals surface area contributed by atoms with Gasteiger partial charge in [0, 0.05) is 24.2 Å². The summed E-state index contributed by atoms with van der Waals surface area (Å²) in [5.74, 6) is 1.47. The molecule has 1 aliphatic heterocycles. The van der Waals surface area contributed by atoms with Crippen LogP contribution >= 0.6 is 11.6 Å². The number of rotatable bonds is 7. The summed E-state index contributed by atoms with van der Waals surface area (Å²) in [6.45, 7) is 5.01. The van der Waals surface area contributed by atoms with E-state index in [1.165, 1.54) is 0 Å². The average Bonchev–Trinajstić information content (AvgIpc) is 3.22. The summed E-state index contributed by atoms with van der Waals surface area (Å²) in [6, 6.07) is 15.9. The predicted octanol–water partition coefficient (Wildman–Crippen LogP) is 5.61. The lowest BCUT2D eigenvalue weighted by molar-refractivity contribution is -0.118. The second-order valence-corrected chi connectivity index (χ2v) is 9.34. The lowest BCUT2D eigenvalue weighted by Crippen LogP contribution is -2.31. The minimum absolute atomic E-state index is 0.0310. The maximum Gasteiger partial charge on any atom is 0.262 e. The second-order valence-electron chi connectivity index (χ2n) is 8.93. The second kappa shape index (κ2) is 10.4. The molecule has 7 heteroatoms. The van der Waals surface area contributed by atoms with Gasteiger partial charge in [0.25, 0.3) is 5.91 Å². The van der Waals surface area contributed by atoms with E-state index in [4.69, 9.17) is 21.1 Å². The minimum Gasteiger partial charge on any atom is -0.484 e. The summed E-state index contributed by atoms with van der Waals surface area (Å²) < 4.78 is 13.8. The van der Waals surface area contributed by atoms with E-state index < -0.39 is 0 Å². The third kappa shape index (κ3) is 5.75. The van der Waals surface area contributed by atoms with E-state index in [-0.39, 0.29) is 24.5 Å². The van der Waals surface area contributed by atoms with Gasteiger partial charge >= 0.3 is 0 Å². The highest BCUT2D eigenvalue weighted by molar-refractivity contribution is 6.31. The molecule has 0 bridgehead atoms. The van der Waals surface area contributed by atoms with Crippen molar-refractivity contribution >= 4 is 23.2 Å².